The van der Waals surface area contributed by atoms with E-state index in [9.17, 15) is 0 Å². The van der Waals surface area contributed by atoms with E-state index < -0.39 is 0 Å². The van der Waals surface area contributed by atoms with E-state index in [-0.39, 0.29) is 5.41 Å². The maximum Gasteiger partial charge on any atom is 0.126 e. The van der Waals surface area contributed by atoms with Gasteiger partial charge in [0.2, 0.25) is 0 Å². The van der Waals surface area contributed by atoms with Crippen LogP contribution in [-0.2, 0) is 4.74 Å². The number of hydrogen-bond acceptors (Lipinski definition) is 2. The van der Waals surface area contributed by atoms with Gasteiger partial charge in [0.1, 0.15) is 5.75 Å². The molecule has 1 rings (SSSR count). The number of methoxy groups -OCH3 is 1. The summed E-state index contributed by atoms with van der Waals surface area (Å²) in [5, 5.41) is 0. The summed E-state index contributed by atoms with van der Waals surface area (Å²) in [7, 11) is 1.67. The molecule has 0 saturated heterocycles. The molecule has 0 radical (unpaired) electrons. The lowest BCUT2D eigenvalue weighted by Crippen LogP contribution is -2.09. The molecular formula is C16H22O2. The second-order valence-electron chi connectivity index (χ2n) is 5.21. The van der Waals surface area contributed by atoms with Crippen molar-refractivity contribution >= 4 is 0 Å². The Kier molecular flexibility index (Phi) is 5.02. The van der Waals surface area contributed by atoms with Crippen molar-refractivity contribution in [2.24, 2.45) is 5.41 Å². The van der Waals surface area contributed by atoms with Gasteiger partial charge in [-0.15, -0.1) is 0 Å². The minimum Gasteiger partial charge on any atom is -0.501 e. The zero-order chi connectivity index (χ0) is 13.6. The molecule has 0 bridgehead atoms. The quantitative estimate of drug-likeness (QED) is 0.573. The standard InChI is InChI=1S/C16H22O2/c1-13(17-5)11-14(16(2,3)4)12-18-15-9-7-6-8-10-15/h6-12H,1-5H3. The van der Waals surface area contributed by atoms with Gasteiger partial charge >= 0.3 is 0 Å². The van der Waals surface area contributed by atoms with E-state index in [1.807, 2.05) is 43.3 Å². The average molecular weight is 246 g/mol. The van der Waals surface area contributed by atoms with Crippen LogP contribution in [-0.4, -0.2) is 7.11 Å². The zero-order valence-corrected chi connectivity index (χ0v) is 11.9. The monoisotopic (exact) mass is 246 g/mol. The van der Waals surface area contributed by atoms with E-state index in [0.29, 0.717) is 0 Å². The predicted octanol–water partition coefficient (Wildman–Crippen LogP) is 4.55. The Hall–Kier alpha value is -1.70. The fourth-order valence-electron chi connectivity index (χ4n) is 1.34. The first-order valence-corrected chi connectivity index (χ1v) is 6.08. The van der Waals surface area contributed by atoms with Gasteiger partial charge in [-0.1, -0.05) is 39.0 Å². The van der Waals surface area contributed by atoms with Crippen LogP contribution >= 0.6 is 0 Å². The topological polar surface area (TPSA) is 18.5 Å². The van der Waals surface area contributed by atoms with Crippen molar-refractivity contribution in [3.8, 4) is 5.75 Å². The summed E-state index contributed by atoms with van der Waals surface area (Å²) >= 11 is 0. The normalized spacial score (nSPS) is 13.4. The van der Waals surface area contributed by atoms with E-state index in [2.05, 4.69) is 20.8 Å². The molecule has 2 nitrogen and oxygen atoms in total. The first-order chi connectivity index (χ1) is 8.43. The average Bonchev–Trinajstić information content (AvgIpc) is 2.34. The van der Waals surface area contributed by atoms with Crippen LogP contribution in [0.4, 0.5) is 0 Å². The Morgan fingerprint density at radius 1 is 1.11 bits per heavy atom. The highest BCUT2D eigenvalue weighted by atomic mass is 16.5. The van der Waals surface area contributed by atoms with E-state index in [4.69, 9.17) is 9.47 Å². The van der Waals surface area contributed by atoms with Crippen molar-refractivity contribution in [1.82, 2.24) is 0 Å². The van der Waals surface area contributed by atoms with Gasteiger partial charge < -0.3 is 9.47 Å². The molecular weight excluding hydrogens is 224 g/mol. The fourth-order valence-corrected chi connectivity index (χ4v) is 1.34. The van der Waals surface area contributed by atoms with E-state index in [0.717, 1.165) is 17.1 Å². The van der Waals surface area contributed by atoms with Crippen LogP contribution in [0.2, 0.25) is 0 Å². The molecule has 0 atom stereocenters. The second kappa shape index (κ2) is 6.29. The highest BCUT2D eigenvalue weighted by Gasteiger charge is 2.16. The van der Waals surface area contributed by atoms with Gasteiger partial charge in [-0.3, -0.25) is 0 Å². The summed E-state index contributed by atoms with van der Waals surface area (Å²) in [5.74, 6) is 1.70. The summed E-state index contributed by atoms with van der Waals surface area (Å²) in [6.07, 6.45) is 3.79. The number of rotatable bonds is 4. The molecule has 0 heterocycles. The van der Waals surface area contributed by atoms with Crippen molar-refractivity contribution in [2.45, 2.75) is 27.7 Å². The smallest absolute Gasteiger partial charge is 0.126 e. The zero-order valence-electron chi connectivity index (χ0n) is 11.9. The highest BCUT2D eigenvalue weighted by Crippen LogP contribution is 2.27. The minimum atomic E-state index is 0.00850. The molecule has 0 aromatic heterocycles. The van der Waals surface area contributed by atoms with Gasteiger partial charge in [0, 0.05) is 0 Å². The van der Waals surface area contributed by atoms with Crippen LogP contribution in [0.1, 0.15) is 27.7 Å². The fraction of sp³-hybridized carbons (Fsp3) is 0.375. The molecule has 0 unspecified atom stereocenters. The second-order valence-corrected chi connectivity index (χ2v) is 5.21. The molecule has 18 heavy (non-hydrogen) atoms. The van der Waals surface area contributed by atoms with Crippen LogP contribution < -0.4 is 4.74 Å². The molecule has 2 heteroatoms. The summed E-state index contributed by atoms with van der Waals surface area (Å²) in [5.41, 5.74) is 1.10. The summed E-state index contributed by atoms with van der Waals surface area (Å²) in [4.78, 5) is 0. The minimum absolute atomic E-state index is 0.00850. The van der Waals surface area contributed by atoms with Gasteiger partial charge in [0.15, 0.2) is 0 Å². The third-order valence-corrected chi connectivity index (χ3v) is 2.61. The first kappa shape index (κ1) is 14.4. The van der Waals surface area contributed by atoms with E-state index in [1.165, 1.54) is 0 Å². The molecule has 0 aliphatic carbocycles. The van der Waals surface area contributed by atoms with Gasteiger partial charge in [-0.2, -0.15) is 0 Å². The Bertz CT molecular complexity index is 422. The van der Waals surface area contributed by atoms with Gasteiger partial charge in [0.25, 0.3) is 0 Å². The number of hydrogen-bond donors (Lipinski definition) is 0. The highest BCUT2D eigenvalue weighted by molar-refractivity contribution is 5.28. The lowest BCUT2D eigenvalue weighted by Gasteiger charge is -2.20. The molecule has 0 amide bonds. The Morgan fingerprint density at radius 2 is 1.72 bits per heavy atom. The summed E-state index contributed by atoms with van der Waals surface area (Å²) < 4.78 is 10.9. The Morgan fingerprint density at radius 3 is 2.22 bits per heavy atom. The van der Waals surface area contributed by atoms with Gasteiger partial charge in [0.05, 0.1) is 19.1 Å². The van der Waals surface area contributed by atoms with Crippen LogP contribution in [0.3, 0.4) is 0 Å². The molecule has 0 saturated carbocycles. The van der Waals surface area contributed by atoms with Crippen molar-refractivity contribution in [3.05, 3.63) is 54.0 Å². The third kappa shape index (κ3) is 4.66. The van der Waals surface area contributed by atoms with Crippen LogP contribution in [0.15, 0.2) is 54.0 Å². The molecule has 98 valence electrons. The van der Waals surface area contributed by atoms with Crippen molar-refractivity contribution in [3.63, 3.8) is 0 Å². The lowest BCUT2D eigenvalue weighted by molar-refractivity contribution is 0.291. The maximum atomic E-state index is 5.68. The maximum absolute atomic E-state index is 5.68. The molecule has 0 N–H and O–H groups in total. The predicted molar refractivity (Wildman–Crippen MR) is 75.4 cm³/mol. The number of benzene rings is 1. The van der Waals surface area contributed by atoms with E-state index in [1.54, 1.807) is 13.4 Å². The Balaban J connectivity index is 2.91. The van der Waals surface area contributed by atoms with Gasteiger partial charge in [-0.25, -0.2) is 0 Å². The van der Waals surface area contributed by atoms with E-state index >= 15 is 0 Å². The SMILES string of the molecule is COC(C)=CC(=COc1ccccc1)C(C)(C)C. The van der Waals surface area contributed by atoms with Crippen LogP contribution in [0, 0.1) is 5.41 Å². The molecule has 0 aliphatic rings. The Labute approximate surface area is 110 Å². The molecule has 0 aliphatic heterocycles. The summed E-state index contributed by atoms with van der Waals surface area (Å²) in [6, 6.07) is 9.75. The molecule has 0 fully saturated rings. The largest absolute Gasteiger partial charge is 0.501 e. The molecule has 1 aromatic carbocycles. The van der Waals surface area contributed by atoms with Crippen LogP contribution in [0.25, 0.3) is 0 Å². The summed E-state index contributed by atoms with van der Waals surface area (Å²) in [6.45, 7) is 8.37. The molecule has 1 aromatic rings. The first-order valence-electron chi connectivity index (χ1n) is 6.08. The van der Waals surface area contributed by atoms with Crippen LogP contribution in [0.5, 0.6) is 5.75 Å². The number of ether oxygens (including phenoxy) is 2. The van der Waals surface area contributed by atoms with Crippen molar-refractivity contribution < 1.29 is 9.47 Å². The number of para-hydroxylation sites is 1. The molecule has 0 spiro atoms. The number of allylic oxidation sites excluding steroid dienone is 3. The lowest BCUT2D eigenvalue weighted by atomic mass is 9.87. The van der Waals surface area contributed by atoms with Crippen molar-refractivity contribution in [2.75, 3.05) is 7.11 Å². The van der Waals surface area contributed by atoms with Crippen molar-refractivity contribution in [1.29, 1.82) is 0 Å². The van der Waals surface area contributed by atoms with Gasteiger partial charge in [-0.05, 0) is 36.1 Å². The third-order valence-electron chi connectivity index (χ3n) is 2.61.